The molecule has 5 nitrogen and oxygen atoms in total. The Balaban J connectivity index is 1.86. The van der Waals surface area contributed by atoms with Crippen molar-refractivity contribution in [3.63, 3.8) is 0 Å². The number of aryl methyl sites for hydroxylation is 1. The number of rotatable bonds is 3. The van der Waals surface area contributed by atoms with Crippen LogP contribution in [0.1, 0.15) is 24.3 Å². The van der Waals surface area contributed by atoms with E-state index in [9.17, 15) is 4.79 Å². The molecule has 0 aromatic carbocycles. The van der Waals surface area contributed by atoms with Gasteiger partial charge < -0.3 is 9.52 Å². The third kappa shape index (κ3) is 2.41. The van der Waals surface area contributed by atoms with Crippen LogP contribution in [0.4, 0.5) is 0 Å². The molecule has 1 aliphatic rings. The molecule has 1 N–H and O–H groups in total. The third-order valence-corrected chi connectivity index (χ3v) is 3.15. The van der Waals surface area contributed by atoms with Gasteiger partial charge in [-0.3, -0.25) is 9.69 Å². The van der Waals surface area contributed by atoms with Crippen molar-refractivity contribution in [1.29, 1.82) is 0 Å². The second-order valence-corrected chi connectivity index (χ2v) is 4.24. The van der Waals surface area contributed by atoms with Crippen molar-refractivity contribution >= 4 is 5.97 Å². The summed E-state index contributed by atoms with van der Waals surface area (Å²) in [6, 6.07) is 0. The maximum absolute atomic E-state index is 10.8. The summed E-state index contributed by atoms with van der Waals surface area (Å²) in [5, 5.41) is 8.88. The number of hydrogen-bond acceptors (Lipinski definition) is 4. The quantitative estimate of drug-likeness (QED) is 0.837. The van der Waals surface area contributed by atoms with Gasteiger partial charge in [0.05, 0.1) is 11.6 Å². The highest BCUT2D eigenvalue weighted by molar-refractivity contribution is 5.70. The molecule has 0 amide bonds. The van der Waals surface area contributed by atoms with Gasteiger partial charge in [-0.25, -0.2) is 4.98 Å². The van der Waals surface area contributed by atoms with Crippen LogP contribution in [0, 0.1) is 12.8 Å². The SMILES string of the molecule is Cc1ocnc1CN1CCC(C(=O)O)CC1. The van der Waals surface area contributed by atoms with E-state index in [2.05, 4.69) is 9.88 Å². The Kier molecular flexibility index (Phi) is 3.24. The van der Waals surface area contributed by atoms with Crippen molar-refractivity contribution in [2.24, 2.45) is 5.92 Å². The largest absolute Gasteiger partial charge is 0.481 e. The number of likely N-dealkylation sites (tertiary alicyclic amines) is 1. The predicted molar refractivity (Wildman–Crippen MR) is 56.9 cm³/mol. The van der Waals surface area contributed by atoms with E-state index in [0.717, 1.165) is 43.9 Å². The van der Waals surface area contributed by atoms with Crippen molar-refractivity contribution in [3.05, 3.63) is 17.8 Å². The molecule has 0 unspecified atom stereocenters. The van der Waals surface area contributed by atoms with Crippen LogP contribution in [-0.4, -0.2) is 34.0 Å². The zero-order chi connectivity index (χ0) is 11.5. The molecule has 0 radical (unpaired) electrons. The highest BCUT2D eigenvalue weighted by atomic mass is 16.4. The van der Waals surface area contributed by atoms with E-state index < -0.39 is 5.97 Å². The van der Waals surface area contributed by atoms with Crippen molar-refractivity contribution < 1.29 is 14.3 Å². The monoisotopic (exact) mass is 224 g/mol. The minimum Gasteiger partial charge on any atom is -0.481 e. The Labute approximate surface area is 94.1 Å². The number of piperidine rings is 1. The van der Waals surface area contributed by atoms with Gasteiger partial charge in [-0.1, -0.05) is 0 Å². The molecule has 2 rings (SSSR count). The van der Waals surface area contributed by atoms with Crippen LogP contribution in [0.2, 0.25) is 0 Å². The number of carbonyl (C=O) groups is 1. The highest BCUT2D eigenvalue weighted by Gasteiger charge is 2.24. The zero-order valence-electron chi connectivity index (χ0n) is 9.35. The number of carboxylic acid groups (broad SMARTS) is 1. The molecule has 0 bridgehead atoms. The van der Waals surface area contributed by atoms with Gasteiger partial charge in [-0.05, 0) is 32.9 Å². The number of hydrogen-bond donors (Lipinski definition) is 1. The molecule has 16 heavy (non-hydrogen) atoms. The molecule has 1 aromatic heterocycles. The van der Waals surface area contributed by atoms with Crippen LogP contribution in [-0.2, 0) is 11.3 Å². The van der Waals surface area contributed by atoms with E-state index in [4.69, 9.17) is 9.52 Å². The number of carboxylic acids is 1. The van der Waals surface area contributed by atoms with Gasteiger partial charge in [-0.15, -0.1) is 0 Å². The summed E-state index contributed by atoms with van der Waals surface area (Å²) in [5.41, 5.74) is 0.953. The molecule has 1 fully saturated rings. The molecule has 1 saturated heterocycles. The predicted octanol–water partition coefficient (Wildman–Crippen LogP) is 1.28. The molecule has 0 aliphatic carbocycles. The molecular formula is C11H16N2O3. The minimum atomic E-state index is -0.669. The molecule has 88 valence electrons. The molecule has 2 heterocycles. The van der Waals surface area contributed by atoms with E-state index in [1.807, 2.05) is 6.92 Å². The summed E-state index contributed by atoms with van der Waals surface area (Å²) in [6.45, 7) is 4.30. The summed E-state index contributed by atoms with van der Waals surface area (Å²) in [4.78, 5) is 17.2. The average Bonchev–Trinajstić information content (AvgIpc) is 2.65. The van der Waals surface area contributed by atoms with E-state index in [1.165, 1.54) is 6.39 Å². The van der Waals surface area contributed by atoms with Crippen LogP contribution < -0.4 is 0 Å². The average molecular weight is 224 g/mol. The van der Waals surface area contributed by atoms with Crippen LogP contribution >= 0.6 is 0 Å². The van der Waals surface area contributed by atoms with Crippen molar-refractivity contribution in [1.82, 2.24) is 9.88 Å². The molecule has 5 heteroatoms. The number of nitrogens with zero attached hydrogens (tertiary/aromatic N) is 2. The lowest BCUT2D eigenvalue weighted by molar-refractivity contribution is -0.143. The molecule has 1 aromatic rings. The zero-order valence-corrected chi connectivity index (χ0v) is 9.35. The lowest BCUT2D eigenvalue weighted by Gasteiger charge is -2.29. The smallest absolute Gasteiger partial charge is 0.306 e. The number of oxazole rings is 1. The van der Waals surface area contributed by atoms with E-state index >= 15 is 0 Å². The maximum atomic E-state index is 10.8. The maximum Gasteiger partial charge on any atom is 0.306 e. The van der Waals surface area contributed by atoms with Gasteiger partial charge in [0, 0.05) is 6.54 Å². The Morgan fingerprint density at radius 1 is 1.62 bits per heavy atom. The van der Waals surface area contributed by atoms with Crippen molar-refractivity contribution in [2.75, 3.05) is 13.1 Å². The van der Waals surface area contributed by atoms with E-state index in [-0.39, 0.29) is 5.92 Å². The Morgan fingerprint density at radius 3 is 2.81 bits per heavy atom. The fourth-order valence-corrected chi connectivity index (χ4v) is 2.03. The normalized spacial score (nSPS) is 18.8. The first-order valence-electron chi connectivity index (χ1n) is 5.51. The van der Waals surface area contributed by atoms with Gasteiger partial charge in [0.15, 0.2) is 6.39 Å². The van der Waals surface area contributed by atoms with Crippen LogP contribution in [0.5, 0.6) is 0 Å². The third-order valence-electron chi connectivity index (χ3n) is 3.15. The van der Waals surface area contributed by atoms with Gasteiger partial charge in [0.2, 0.25) is 0 Å². The van der Waals surface area contributed by atoms with Gasteiger partial charge in [0.25, 0.3) is 0 Å². The van der Waals surface area contributed by atoms with Crippen LogP contribution in [0.15, 0.2) is 10.8 Å². The van der Waals surface area contributed by atoms with Gasteiger partial charge in [0.1, 0.15) is 5.76 Å². The van der Waals surface area contributed by atoms with Gasteiger partial charge >= 0.3 is 5.97 Å². The summed E-state index contributed by atoms with van der Waals surface area (Å²) in [7, 11) is 0. The number of aliphatic carboxylic acids is 1. The lowest BCUT2D eigenvalue weighted by atomic mass is 9.97. The molecule has 0 spiro atoms. The topological polar surface area (TPSA) is 66.6 Å². The van der Waals surface area contributed by atoms with E-state index in [0.29, 0.717) is 0 Å². The standard InChI is InChI=1S/C11H16N2O3/c1-8-10(12-7-16-8)6-13-4-2-9(3-5-13)11(14)15/h7,9H,2-6H2,1H3,(H,14,15). The minimum absolute atomic E-state index is 0.172. The summed E-state index contributed by atoms with van der Waals surface area (Å²) >= 11 is 0. The van der Waals surface area contributed by atoms with Gasteiger partial charge in [-0.2, -0.15) is 0 Å². The van der Waals surface area contributed by atoms with Crippen molar-refractivity contribution in [2.45, 2.75) is 26.3 Å². The molecule has 0 saturated carbocycles. The van der Waals surface area contributed by atoms with Crippen LogP contribution in [0.3, 0.4) is 0 Å². The second-order valence-electron chi connectivity index (χ2n) is 4.24. The Bertz CT molecular complexity index is 367. The molecular weight excluding hydrogens is 208 g/mol. The fourth-order valence-electron chi connectivity index (χ4n) is 2.03. The first-order valence-corrected chi connectivity index (χ1v) is 5.51. The van der Waals surface area contributed by atoms with Crippen LogP contribution in [0.25, 0.3) is 0 Å². The summed E-state index contributed by atoms with van der Waals surface area (Å²) < 4.78 is 5.13. The Hall–Kier alpha value is -1.36. The summed E-state index contributed by atoms with van der Waals surface area (Å²) in [5.74, 6) is 0.00674. The number of aromatic nitrogens is 1. The highest BCUT2D eigenvalue weighted by Crippen LogP contribution is 2.19. The first-order chi connectivity index (χ1) is 7.66. The van der Waals surface area contributed by atoms with E-state index in [1.54, 1.807) is 0 Å². The second kappa shape index (κ2) is 4.65. The lowest BCUT2D eigenvalue weighted by Crippen LogP contribution is -2.36. The first kappa shape index (κ1) is 11.1. The summed E-state index contributed by atoms with van der Waals surface area (Å²) in [6.07, 6.45) is 2.91. The Morgan fingerprint density at radius 2 is 2.31 bits per heavy atom. The van der Waals surface area contributed by atoms with Crippen molar-refractivity contribution in [3.8, 4) is 0 Å². The molecule has 1 aliphatic heterocycles. The molecule has 0 atom stereocenters. The fraction of sp³-hybridized carbons (Fsp3) is 0.636.